The van der Waals surface area contributed by atoms with Crippen LogP contribution in [0.5, 0.6) is 0 Å². The smallest absolute Gasteiger partial charge is 0.337 e. The van der Waals surface area contributed by atoms with Gasteiger partial charge in [-0.25, -0.2) is 9.59 Å². The molecule has 2 rings (SSSR count). The fourth-order valence-corrected chi connectivity index (χ4v) is 2.62. The van der Waals surface area contributed by atoms with Gasteiger partial charge in [-0.2, -0.15) is 0 Å². The van der Waals surface area contributed by atoms with Crippen LogP contribution < -0.4 is 0 Å². The average Bonchev–Trinajstić information content (AvgIpc) is 2.97. The van der Waals surface area contributed by atoms with Crippen LogP contribution in [-0.4, -0.2) is 48.5 Å². The standard InChI is InChI=1S/C20H25NO5/c1-20(2,3)26-19(24)16(13-21-11-5-6-17(21)22)12-14-7-9-15(10-8-14)18(23)25-4/h7-10,12H,5-6,11,13H2,1-4H3/b16-12+. The van der Waals surface area contributed by atoms with E-state index in [1.165, 1.54) is 7.11 Å². The molecular weight excluding hydrogens is 334 g/mol. The summed E-state index contributed by atoms with van der Waals surface area (Å²) < 4.78 is 10.2. The first kappa shape index (κ1) is 19.7. The number of likely N-dealkylation sites (tertiary alicyclic amines) is 1. The van der Waals surface area contributed by atoms with Gasteiger partial charge in [-0.15, -0.1) is 0 Å². The molecule has 1 fully saturated rings. The van der Waals surface area contributed by atoms with E-state index in [9.17, 15) is 14.4 Å². The minimum Gasteiger partial charge on any atom is -0.465 e. The monoisotopic (exact) mass is 359 g/mol. The number of amides is 1. The Labute approximate surface area is 153 Å². The van der Waals surface area contributed by atoms with E-state index in [2.05, 4.69) is 4.74 Å². The van der Waals surface area contributed by atoms with Crippen molar-refractivity contribution in [3.05, 3.63) is 41.0 Å². The normalized spacial score (nSPS) is 15.2. The van der Waals surface area contributed by atoms with Crippen molar-refractivity contribution in [1.82, 2.24) is 4.90 Å². The molecule has 0 spiro atoms. The van der Waals surface area contributed by atoms with Gasteiger partial charge < -0.3 is 14.4 Å². The van der Waals surface area contributed by atoms with Gasteiger partial charge in [0, 0.05) is 13.0 Å². The number of hydrogen-bond acceptors (Lipinski definition) is 5. The Balaban J connectivity index is 2.26. The quantitative estimate of drug-likeness (QED) is 0.597. The average molecular weight is 359 g/mol. The van der Waals surface area contributed by atoms with Crippen LogP contribution in [0, 0.1) is 0 Å². The van der Waals surface area contributed by atoms with E-state index in [1.54, 1.807) is 56.0 Å². The molecule has 140 valence electrons. The molecule has 6 nitrogen and oxygen atoms in total. The Bertz CT molecular complexity index is 713. The van der Waals surface area contributed by atoms with Gasteiger partial charge in [0.05, 0.1) is 24.8 Å². The van der Waals surface area contributed by atoms with Crippen LogP contribution >= 0.6 is 0 Å². The maximum absolute atomic E-state index is 12.6. The zero-order valence-corrected chi connectivity index (χ0v) is 15.7. The number of benzene rings is 1. The van der Waals surface area contributed by atoms with Crippen molar-refractivity contribution >= 4 is 23.9 Å². The van der Waals surface area contributed by atoms with E-state index in [-0.39, 0.29) is 12.5 Å². The van der Waals surface area contributed by atoms with E-state index in [4.69, 9.17) is 4.74 Å². The highest BCUT2D eigenvalue weighted by molar-refractivity contribution is 5.95. The van der Waals surface area contributed by atoms with Gasteiger partial charge in [-0.3, -0.25) is 4.79 Å². The van der Waals surface area contributed by atoms with E-state index in [0.29, 0.717) is 24.1 Å². The SMILES string of the molecule is COC(=O)c1ccc(/C=C(\CN2CCCC2=O)C(=O)OC(C)(C)C)cc1. The van der Waals surface area contributed by atoms with Gasteiger partial charge in [-0.1, -0.05) is 12.1 Å². The Hall–Kier alpha value is -2.63. The van der Waals surface area contributed by atoms with Crippen molar-refractivity contribution in [3.8, 4) is 0 Å². The molecule has 6 heteroatoms. The maximum Gasteiger partial charge on any atom is 0.337 e. The highest BCUT2D eigenvalue weighted by atomic mass is 16.6. The number of carbonyl (C=O) groups is 3. The minimum atomic E-state index is -0.625. The summed E-state index contributed by atoms with van der Waals surface area (Å²) in [5.74, 6) is -0.828. The fraction of sp³-hybridized carbons (Fsp3) is 0.450. The summed E-state index contributed by atoms with van der Waals surface area (Å²) in [4.78, 5) is 37.7. The Morgan fingerprint density at radius 3 is 2.35 bits per heavy atom. The Morgan fingerprint density at radius 2 is 1.85 bits per heavy atom. The topological polar surface area (TPSA) is 72.9 Å². The fourth-order valence-electron chi connectivity index (χ4n) is 2.62. The predicted molar refractivity (Wildman–Crippen MR) is 97.4 cm³/mol. The van der Waals surface area contributed by atoms with E-state index < -0.39 is 17.5 Å². The zero-order valence-electron chi connectivity index (χ0n) is 15.7. The molecule has 1 aliphatic rings. The number of esters is 2. The lowest BCUT2D eigenvalue weighted by atomic mass is 10.1. The van der Waals surface area contributed by atoms with Crippen molar-refractivity contribution in [1.29, 1.82) is 0 Å². The van der Waals surface area contributed by atoms with Crippen molar-refractivity contribution in [2.45, 2.75) is 39.2 Å². The third kappa shape index (κ3) is 5.44. The third-order valence-corrected chi connectivity index (χ3v) is 3.87. The van der Waals surface area contributed by atoms with Gasteiger partial charge in [-0.05, 0) is 51.0 Å². The molecule has 0 unspecified atom stereocenters. The van der Waals surface area contributed by atoms with E-state index >= 15 is 0 Å². The predicted octanol–water partition coefficient (Wildman–Crippen LogP) is 2.82. The van der Waals surface area contributed by atoms with Gasteiger partial charge in [0.15, 0.2) is 0 Å². The zero-order chi connectivity index (χ0) is 19.3. The molecule has 0 saturated carbocycles. The second-order valence-electron chi connectivity index (χ2n) is 7.20. The van der Waals surface area contributed by atoms with Crippen molar-refractivity contribution in [2.24, 2.45) is 0 Å². The second kappa shape index (κ2) is 8.17. The lowest BCUT2D eigenvalue weighted by Crippen LogP contribution is -2.32. The van der Waals surface area contributed by atoms with Crippen LogP contribution in [0.4, 0.5) is 0 Å². The number of carbonyl (C=O) groups excluding carboxylic acids is 3. The summed E-state index contributed by atoms with van der Waals surface area (Å²) in [5, 5.41) is 0. The van der Waals surface area contributed by atoms with Gasteiger partial charge in [0.1, 0.15) is 5.60 Å². The second-order valence-corrected chi connectivity index (χ2v) is 7.20. The maximum atomic E-state index is 12.6. The first-order chi connectivity index (χ1) is 12.2. The number of nitrogens with zero attached hydrogens (tertiary/aromatic N) is 1. The van der Waals surface area contributed by atoms with E-state index in [1.807, 2.05) is 0 Å². The molecule has 0 N–H and O–H groups in total. The minimum absolute atomic E-state index is 0.0421. The number of ether oxygens (including phenoxy) is 2. The molecule has 26 heavy (non-hydrogen) atoms. The summed E-state index contributed by atoms with van der Waals surface area (Å²) in [7, 11) is 1.32. The van der Waals surface area contributed by atoms with Crippen LogP contribution in [0.1, 0.15) is 49.5 Å². The molecule has 0 aliphatic carbocycles. The first-order valence-corrected chi connectivity index (χ1v) is 8.59. The van der Waals surface area contributed by atoms with Crippen LogP contribution in [0.25, 0.3) is 6.08 Å². The molecule has 1 aromatic rings. The highest BCUT2D eigenvalue weighted by Gasteiger charge is 2.26. The van der Waals surface area contributed by atoms with Crippen LogP contribution in [0.3, 0.4) is 0 Å². The molecule has 0 radical (unpaired) electrons. The van der Waals surface area contributed by atoms with Crippen molar-refractivity contribution < 1.29 is 23.9 Å². The summed E-state index contributed by atoms with van der Waals surface area (Å²) in [5.41, 5.74) is 0.948. The van der Waals surface area contributed by atoms with Gasteiger partial charge >= 0.3 is 11.9 Å². The summed E-state index contributed by atoms with van der Waals surface area (Å²) in [6.45, 7) is 6.25. The van der Waals surface area contributed by atoms with Crippen molar-refractivity contribution in [2.75, 3.05) is 20.2 Å². The molecule has 1 aliphatic heterocycles. The van der Waals surface area contributed by atoms with Crippen LogP contribution in [0.15, 0.2) is 29.8 Å². The van der Waals surface area contributed by atoms with Crippen LogP contribution in [0.2, 0.25) is 0 Å². The van der Waals surface area contributed by atoms with Crippen molar-refractivity contribution in [3.63, 3.8) is 0 Å². The lowest BCUT2D eigenvalue weighted by molar-refractivity contribution is -0.150. The molecule has 1 aromatic carbocycles. The lowest BCUT2D eigenvalue weighted by Gasteiger charge is -2.23. The summed E-state index contributed by atoms with van der Waals surface area (Å²) in [6, 6.07) is 6.71. The Kier molecular flexibility index (Phi) is 6.18. The molecule has 1 heterocycles. The number of methoxy groups -OCH3 is 1. The highest BCUT2D eigenvalue weighted by Crippen LogP contribution is 2.18. The largest absolute Gasteiger partial charge is 0.465 e. The summed E-state index contributed by atoms with van der Waals surface area (Å²) >= 11 is 0. The van der Waals surface area contributed by atoms with Gasteiger partial charge in [0.25, 0.3) is 0 Å². The van der Waals surface area contributed by atoms with Crippen LogP contribution in [-0.2, 0) is 19.1 Å². The molecular formula is C20H25NO5. The first-order valence-electron chi connectivity index (χ1n) is 8.59. The van der Waals surface area contributed by atoms with Gasteiger partial charge in [0.2, 0.25) is 5.91 Å². The summed E-state index contributed by atoms with van der Waals surface area (Å²) in [6.07, 6.45) is 3.00. The molecule has 0 aromatic heterocycles. The van der Waals surface area contributed by atoms with E-state index in [0.717, 1.165) is 12.0 Å². The molecule has 0 atom stereocenters. The molecule has 1 amide bonds. The Morgan fingerprint density at radius 1 is 1.19 bits per heavy atom. The number of rotatable bonds is 5. The third-order valence-electron chi connectivity index (χ3n) is 3.87. The molecule has 0 bridgehead atoms. The molecule has 1 saturated heterocycles. The number of hydrogen-bond donors (Lipinski definition) is 0.